The highest BCUT2D eigenvalue weighted by atomic mass is 16.5. The SMILES string of the molecule is CC1(C)CC(C(N)(CCCCCN)C2CC(C)(C)N(O)C(C)(C)C2)CC(C)(C)N1O. The molecule has 6 nitrogen and oxygen atoms in total. The van der Waals surface area contributed by atoms with Crippen molar-refractivity contribution >= 4 is 0 Å². The second kappa shape index (κ2) is 8.60. The molecule has 2 aliphatic rings. The lowest BCUT2D eigenvalue weighted by Gasteiger charge is -2.60. The Hall–Kier alpha value is -0.240. The van der Waals surface area contributed by atoms with Gasteiger partial charge in [-0.2, -0.15) is 10.1 Å². The summed E-state index contributed by atoms with van der Waals surface area (Å²) in [5.41, 5.74) is 11.6. The predicted octanol–water partition coefficient (Wildman–Crippen LogP) is 4.52. The molecule has 0 aromatic carbocycles. The van der Waals surface area contributed by atoms with Gasteiger partial charge in [0.2, 0.25) is 0 Å². The van der Waals surface area contributed by atoms with Crippen molar-refractivity contribution in [3.63, 3.8) is 0 Å². The molecule has 0 bridgehead atoms. The highest BCUT2D eigenvalue weighted by Gasteiger charge is 2.56. The van der Waals surface area contributed by atoms with E-state index in [4.69, 9.17) is 11.5 Å². The fraction of sp³-hybridized carbons (Fsp3) is 1.00. The molecule has 178 valence electrons. The highest BCUT2D eigenvalue weighted by molar-refractivity contribution is 5.10. The minimum absolute atomic E-state index is 0.311. The minimum atomic E-state index is -0.333. The Kier molecular flexibility index (Phi) is 7.46. The maximum atomic E-state index is 10.8. The summed E-state index contributed by atoms with van der Waals surface area (Å²) in [6, 6.07) is 0. The van der Waals surface area contributed by atoms with Crippen LogP contribution in [0.2, 0.25) is 0 Å². The number of unbranched alkanes of at least 4 members (excludes halogenated alkanes) is 2. The van der Waals surface area contributed by atoms with E-state index in [0.29, 0.717) is 11.8 Å². The minimum Gasteiger partial charge on any atom is -0.330 e. The van der Waals surface area contributed by atoms with Crippen LogP contribution in [0.25, 0.3) is 0 Å². The van der Waals surface area contributed by atoms with Crippen LogP contribution in [-0.4, -0.2) is 54.8 Å². The van der Waals surface area contributed by atoms with Gasteiger partial charge in [-0.15, -0.1) is 0 Å². The molecular weight excluding hydrogens is 376 g/mol. The summed E-state index contributed by atoms with van der Waals surface area (Å²) in [4.78, 5) is 0. The van der Waals surface area contributed by atoms with Crippen LogP contribution in [0.4, 0.5) is 0 Å². The van der Waals surface area contributed by atoms with Crippen LogP contribution in [-0.2, 0) is 0 Å². The molecule has 0 spiro atoms. The number of rotatable bonds is 7. The third kappa shape index (κ3) is 5.05. The molecule has 2 fully saturated rings. The molecule has 0 aliphatic carbocycles. The number of hydroxylamine groups is 4. The van der Waals surface area contributed by atoms with E-state index in [9.17, 15) is 10.4 Å². The van der Waals surface area contributed by atoms with Crippen LogP contribution in [0.15, 0.2) is 0 Å². The lowest BCUT2D eigenvalue weighted by Crippen LogP contribution is -2.69. The zero-order valence-corrected chi connectivity index (χ0v) is 21.0. The van der Waals surface area contributed by atoms with Gasteiger partial charge in [-0.05, 0) is 112 Å². The second-order valence-corrected chi connectivity index (χ2v) is 12.8. The molecule has 0 amide bonds. The molecule has 2 saturated heterocycles. The first-order valence-electron chi connectivity index (χ1n) is 12.0. The molecule has 2 aliphatic heterocycles. The molecule has 0 aromatic rings. The molecule has 0 aromatic heterocycles. The maximum absolute atomic E-state index is 10.8. The van der Waals surface area contributed by atoms with Gasteiger partial charge < -0.3 is 21.9 Å². The Morgan fingerprint density at radius 2 is 1.03 bits per heavy atom. The van der Waals surface area contributed by atoms with Gasteiger partial charge in [0, 0.05) is 27.7 Å². The van der Waals surface area contributed by atoms with Crippen molar-refractivity contribution in [2.24, 2.45) is 23.3 Å². The highest BCUT2D eigenvalue weighted by Crippen LogP contribution is 2.52. The fourth-order valence-corrected chi connectivity index (χ4v) is 6.79. The van der Waals surface area contributed by atoms with Gasteiger partial charge in [-0.1, -0.05) is 12.8 Å². The smallest absolute Gasteiger partial charge is 0.0413 e. The Morgan fingerprint density at radius 3 is 1.33 bits per heavy atom. The van der Waals surface area contributed by atoms with Crippen LogP contribution in [0.5, 0.6) is 0 Å². The van der Waals surface area contributed by atoms with E-state index in [2.05, 4.69) is 55.4 Å². The Labute approximate surface area is 185 Å². The number of nitrogens with two attached hydrogens (primary N) is 2. The predicted molar refractivity (Wildman–Crippen MR) is 123 cm³/mol. The third-order valence-corrected chi connectivity index (χ3v) is 8.11. The van der Waals surface area contributed by atoms with Gasteiger partial charge in [-0.3, -0.25) is 0 Å². The van der Waals surface area contributed by atoms with Crippen LogP contribution >= 0.6 is 0 Å². The summed E-state index contributed by atoms with van der Waals surface area (Å²) in [5.74, 6) is 0.622. The zero-order chi connectivity index (χ0) is 23.2. The molecule has 2 heterocycles. The topological polar surface area (TPSA) is 99.0 Å². The number of hydrogen-bond donors (Lipinski definition) is 4. The van der Waals surface area contributed by atoms with Gasteiger partial charge in [0.25, 0.3) is 0 Å². The zero-order valence-electron chi connectivity index (χ0n) is 21.0. The summed E-state index contributed by atoms with van der Waals surface area (Å²) in [7, 11) is 0. The monoisotopic (exact) mass is 426 g/mol. The van der Waals surface area contributed by atoms with Gasteiger partial charge in [0.1, 0.15) is 0 Å². The molecule has 6 N–H and O–H groups in total. The molecular formula is C24H50N4O2. The van der Waals surface area contributed by atoms with Crippen LogP contribution in [0, 0.1) is 11.8 Å². The second-order valence-electron chi connectivity index (χ2n) is 12.8. The first kappa shape index (κ1) is 26.0. The van der Waals surface area contributed by atoms with E-state index in [1.54, 1.807) is 10.1 Å². The van der Waals surface area contributed by atoms with E-state index in [1.165, 1.54) is 0 Å². The maximum Gasteiger partial charge on any atom is 0.0413 e. The molecule has 2 rings (SSSR count). The van der Waals surface area contributed by atoms with Crippen molar-refractivity contribution in [2.75, 3.05) is 6.54 Å². The van der Waals surface area contributed by atoms with Crippen molar-refractivity contribution in [3.05, 3.63) is 0 Å². The van der Waals surface area contributed by atoms with Gasteiger partial charge in [0.15, 0.2) is 0 Å². The van der Waals surface area contributed by atoms with Crippen LogP contribution in [0.1, 0.15) is 107 Å². The number of nitrogens with zero attached hydrogens (tertiary/aromatic N) is 2. The summed E-state index contributed by atoms with van der Waals surface area (Å²) in [6.45, 7) is 17.7. The summed E-state index contributed by atoms with van der Waals surface area (Å²) >= 11 is 0. The fourth-order valence-electron chi connectivity index (χ4n) is 6.79. The first-order chi connectivity index (χ1) is 13.5. The van der Waals surface area contributed by atoms with E-state index in [-0.39, 0.29) is 27.7 Å². The van der Waals surface area contributed by atoms with E-state index in [0.717, 1.165) is 57.9 Å². The van der Waals surface area contributed by atoms with Crippen molar-refractivity contribution in [2.45, 2.75) is 134 Å². The van der Waals surface area contributed by atoms with Crippen molar-refractivity contribution in [1.82, 2.24) is 10.1 Å². The quantitative estimate of drug-likeness (QED) is 0.447. The molecule has 0 saturated carbocycles. The van der Waals surface area contributed by atoms with E-state index in [1.807, 2.05) is 0 Å². The third-order valence-electron chi connectivity index (χ3n) is 8.11. The van der Waals surface area contributed by atoms with E-state index < -0.39 is 0 Å². The summed E-state index contributed by atoms with van der Waals surface area (Å²) in [5, 5.41) is 24.8. The van der Waals surface area contributed by atoms with Gasteiger partial charge in [-0.25, -0.2) is 0 Å². The Balaban J connectivity index is 2.41. The molecule has 30 heavy (non-hydrogen) atoms. The Bertz CT molecular complexity index is 510. The van der Waals surface area contributed by atoms with Crippen molar-refractivity contribution in [1.29, 1.82) is 0 Å². The normalized spacial score (nSPS) is 28.0. The van der Waals surface area contributed by atoms with Gasteiger partial charge in [0.05, 0.1) is 0 Å². The lowest BCUT2D eigenvalue weighted by molar-refractivity contribution is -0.269. The number of piperidine rings is 2. The lowest BCUT2D eigenvalue weighted by atomic mass is 9.57. The van der Waals surface area contributed by atoms with Gasteiger partial charge >= 0.3 is 0 Å². The molecule has 0 unspecified atom stereocenters. The largest absolute Gasteiger partial charge is 0.330 e. The molecule has 6 heteroatoms. The van der Waals surface area contributed by atoms with Crippen molar-refractivity contribution < 1.29 is 10.4 Å². The molecule has 0 atom stereocenters. The average molecular weight is 427 g/mol. The first-order valence-corrected chi connectivity index (χ1v) is 12.0. The summed E-state index contributed by atoms with van der Waals surface area (Å²) in [6.07, 6.45) is 7.69. The van der Waals surface area contributed by atoms with Crippen LogP contribution in [0.3, 0.4) is 0 Å². The Morgan fingerprint density at radius 1 is 0.700 bits per heavy atom. The molecule has 0 radical (unpaired) electrons. The number of hydrogen-bond acceptors (Lipinski definition) is 6. The van der Waals surface area contributed by atoms with Crippen molar-refractivity contribution in [3.8, 4) is 0 Å². The summed E-state index contributed by atoms with van der Waals surface area (Å²) < 4.78 is 0. The average Bonchev–Trinajstić information content (AvgIpc) is 2.60. The van der Waals surface area contributed by atoms with E-state index >= 15 is 0 Å². The standard InChI is InChI=1S/C24H50N4O2/c1-20(2)14-18(15-21(3,4)27(20)29)24(26,12-10-9-11-13-25)19-16-22(5,6)28(30)23(7,8)17-19/h18-19,29-30H,9-17,25-26H2,1-8H3. The van der Waals surface area contributed by atoms with Crippen LogP contribution < -0.4 is 11.5 Å².